The molecule has 6 heteroatoms. The fourth-order valence-electron chi connectivity index (χ4n) is 1.79. The van der Waals surface area contributed by atoms with Crippen molar-refractivity contribution in [3.05, 3.63) is 0 Å². The van der Waals surface area contributed by atoms with Gasteiger partial charge in [0.2, 0.25) is 0 Å². The minimum atomic E-state index is 0. The van der Waals surface area contributed by atoms with Crippen LogP contribution in [0.3, 0.4) is 0 Å². The molecule has 2 N–H and O–H groups in total. The molecule has 1 aliphatic heterocycles. The monoisotopic (exact) mass is 369 g/mol. The fraction of sp³-hybridized carbons (Fsp3) is 0.917. The van der Waals surface area contributed by atoms with Crippen LogP contribution in [0.1, 0.15) is 19.3 Å². The minimum Gasteiger partial charge on any atom is -0.381 e. The summed E-state index contributed by atoms with van der Waals surface area (Å²) < 4.78 is 10.8. The predicted octanol–water partition coefficient (Wildman–Crippen LogP) is 1.07. The Bertz CT molecular complexity index is 254. The molecule has 0 aromatic heterocycles. The molecule has 2 rings (SSSR count). The average Bonchev–Trinajstić information content (AvgIpc) is 3.18. The molecule has 0 aromatic carbocycles. The summed E-state index contributed by atoms with van der Waals surface area (Å²) in [4.78, 5) is 6.44. The highest BCUT2D eigenvalue weighted by molar-refractivity contribution is 14.0. The molecule has 5 nitrogen and oxygen atoms in total. The largest absolute Gasteiger partial charge is 0.381 e. The highest BCUT2D eigenvalue weighted by atomic mass is 127. The van der Waals surface area contributed by atoms with E-state index in [1.807, 2.05) is 0 Å². The molecule has 0 amide bonds. The summed E-state index contributed by atoms with van der Waals surface area (Å²) in [6, 6.07) is 0. The maximum Gasteiger partial charge on any atom is 0.191 e. The van der Waals surface area contributed by atoms with Gasteiger partial charge in [0.05, 0.1) is 13.2 Å². The van der Waals surface area contributed by atoms with E-state index < -0.39 is 0 Å². The van der Waals surface area contributed by atoms with Crippen molar-refractivity contribution in [2.75, 3.05) is 46.1 Å². The molecule has 0 atom stereocenters. The Morgan fingerprint density at radius 3 is 2.72 bits per heavy atom. The van der Waals surface area contributed by atoms with Gasteiger partial charge in [-0.15, -0.1) is 24.0 Å². The molecule has 1 aliphatic carbocycles. The van der Waals surface area contributed by atoms with E-state index in [0.29, 0.717) is 5.96 Å². The van der Waals surface area contributed by atoms with Gasteiger partial charge in [0, 0.05) is 32.8 Å². The number of guanidine groups is 1. The lowest BCUT2D eigenvalue weighted by Crippen LogP contribution is -2.44. The zero-order valence-electron chi connectivity index (χ0n) is 10.8. The Morgan fingerprint density at radius 2 is 2.06 bits per heavy atom. The molecule has 0 spiro atoms. The lowest BCUT2D eigenvalue weighted by Gasteiger charge is -2.27. The van der Waals surface area contributed by atoms with E-state index in [1.54, 1.807) is 0 Å². The molecule has 2 aliphatic rings. The molecular formula is C12H24IN3O2. The molecule has 2 fully saturated rings. The highest BCUT2D eigenvalue weighted by Crippen LogP contribution is 2.28. The van der Waals surface area contributed by atoms with Crippen molar-refractivity contribution in [1.82, 2.24) is 4.90 Å². The average molecular weight is 369 g/mol. The van der Waals surface area contributed by atoms with Crippen molar-refractivity contribution < 1.29 is 9.47 Å². The van der Waals surface area contributed by atoms with E-state index in [4.69, 9.17) is 15.2 Å². The van der Waals surface area contributed by atoms with Crippen LogP contribution in [0.2, 0.25) is 0 Å². The first-order valence-electron chi connectivity index (χ1n) is 6.56. The maximum absolute atomic E-state index is 5.90. The van der Waals surface area contributed by atoms with Gasteiger partial charge in [-0.05, 0) is 25.2 Å². The van der Waals surface area contributed by atoms with Gasteiger partial charge in [0.25, 0.3) is 0 Å². The second kappa shape index (κ2) is 8.92. The van der Waals surface area contributed by atoms with Crippen molar-refractivity contribution in [2.45, 2.75) is 19.3 Å². The smallest absolute Gasteiger partial charge is 0.191 e. The van der Waals surface area contributed by atoms with E-state index in [9.17, 15) is 0 Å². The first-order valence-corrected chi connectivity index (χ1v) is 6.56. The van der Waals surface area contributed by atoms with Crippen molar-refractivity contribution in [3.63, 3.8) is 0 Å². The van der Waals surface area contributed by atoms with E-state index in [1.165, 1.54) is 12.8 Å². The Labute approximate surface area is 126 Å². The van der Waals surface area contributed by atoms with Crippen LogP contribution in [-0.2, 0) is 9.47 Å². The first kappa shape index (κ1) is 16.0. The predicted molar refractivity (Wildman–Crippen MR) is 82.5 cm³/mol. The molecule has 1 heterocycles. The third kappa shape index (κ3) is 6.19. The third-order valence-electron chi connectivity index (χ3n) is 3.11. The zero-order chi connectivity index (χ0) is 11.9. The van der Waals surface area contributed by atoms with Crippen LogP contribution in [0, 0.1) is 5.92 Å². The van der Waals surface area contributed by atoms with Crippen molar-refractivity contribution >= 4 is 29.9 Å². The molecule has 1 saturated carbocycles. The van der Waals surface area contributed by atoms with Crippen LogP contribution in [0.15, 0.2) is 4.99 Å². The molecular weight excluding hydrogens is 345 g/mol. The Morgan fingerprint density at radius 1 is 1.33 bits per heavy atom. The third-order valence-corrected chi connectivity index (χ3v) is 3.11. The minimum absolute atomic E-state index is 0. The van der Waals surface area contributed by atoms with Gasteiger partial charge in [-0.25, -0.2) is 0 Å². The Hall–Kier alpha value is -0.0800. The second-order valence-electron chi connectivity index (χ2n) is 4.71. The topological polar surface area (TPSA) is 60.1 Å². The first-order chi connectivity index (χ1) is 8.36. The number of nitrogens with two attached hydrogens (primary N) is 1. The molecule has 0 unspecified atom stereocenters. The number of hydrogen-bond donors (Lipinski definition) is 1. The number of rotatable bonds is 6. The quantitative estimate of drug-likeness (QED) is 0.329. The van der Waals surface area contributed by atoms with E-state index in [-0.39, 0.29) is 24.0 Å². The van der Waals surface area contributed by atoms with E-state index >= 15 is 0 Å². The van der Waals surface area contributed by atoms with Crippen LogP contribution in [0.5, 0.6) is 0 Å². The van der Waals surface area contributed by atoms with Gasteiger partial charge in [0.1, 0.15) is 0 Å². The number of halogens is 1. The van der Waals surface area contributed by atoms with Crippen molar-refractivity contribution in [1.29, 1.82) is 0 Å². The normalized spacial score (nSPS) is 20.7. The summed E-state index contributed by atoms with van der Waals surface area (Å²) >= 11 is 0. The summed E-state index contributed by atoms with van der Waals surface area (Å²) in [7, 11) is 0. The molecule has 0 bridgehead atoms. The van der Waals surface area contributed by atoms with Crippen LogP contribution in [0.4, 0.5) is 0 Å². The van der Waals surface area contributed by atoms with Crippen LogP contribution in [0.25, 0.3) is 0 Å². The maximum atomic E-state index is 5.90. The number of nitrogens with zero attached hydrogens (tertiary/aromatic N) is 2. The van der Waals surface area contributed by atoms with Crippen molar-refractivity contribution in [3.8, 4) is 0 Å². The SMILES string of the molecule is I.NC(=NCCCOCC1CC1)N1CCOCC1. The summed E-state index contributed by atoms with van der Waals surface area (Å²) in [5.74, 6) is 1.49. The van der Waals surface area contributed by atoms with Gasteiger partial charge in [-0.2, -0.15) is 0 Å². The van der Waals surface area contributed by atoms with Gasteiger partial charge in [0.15, 0.2) is 5.96 Å². The lowest BCUT2D eigenvalue weighted by atomic mass is 10.4. The number of ether oxygens (including phenoxy) is 2. The van der Waals surface area contributed by atoms with E-state index in [0.717, 1.165) is 58.4 Å². The fourth-order valence-corrected chi connectivity index (χ4v) is 1.79. The molecule has 1 saturated heterocycles. The van der Waals surface area contributed by atoms with Crippen molar-refractivity contribution in [2.24, 2.45) is 16.6 Å². The summed E-state index contributed by atoms with van der Waals surface area (Å²) in [5, 5.41) is 0. The lowest BCUT2D eigenvalue weighted by molar-refractivity contribution is 0.0673. The summed E-state index contributed by atoms with van der Waals surface area (Å²) in [6.45, 7) is 5.70. The Balaban J connectivity index is 0.00000162. The summed E-state index contributed by atoms with van der Waals surface area (Å²) in [5.41, 5.74) is 5.90. The van der Waals surface area contributed by atoms with Gasteiger partial charge >= 0.3 is 0 Å². The zero-order valence-corrected chi connectivity index (χ0v) is 13.2. The van der Waals surface area contributed by atoms with Gasteiger partial charge in [-0.3, -0.25) is 4.99 Å². The number of hydrogen-bond acceptors (Lipinski definition) is 3. The molecule has 106 valence electrons. The molecule has 0 aromatic rings. The van der Waals surface area contributed by atoms with Crippen LogP contribution in [-0.4, -0.2) is 56.9 Å². The van der Waals surface area contributed by atoms with Crippen LogP contribution < -0.4 is 5.73 Å². The Kier molecular flexibility index (Phi) is 7.92. The van der Waals surface area contributed by atoms with Gasteiger partial charge in [-0.1, -0.05) is 0 Å². The number of aliphatic imine (C=N–C) groups is 1. The standard InChI is InChI=1S/C12H23N3O2.HI/c13-12(15-5-8-16-9-6-15)14-4-1-7-17-10-11-2-3-11;/h11H,1-10H2,(H2,13,14);1H. The second-order valence-corrected chi connectivity index (χ2v) is 4.71. The summed E-state index contributed by atoms with van der Waals surface area (Å²) in [6.07, 6.45) is 3.65. The molecule has 0 radical (unpaired) electrons. The van der Waals surface area contributed by atoms with Crippen LogP contribution >= 0.6 is 24.0 Å². The number of morpholine rings is 1. The van der Waals surface area contributed by atoms with Gasteiger partial charge < -0.3 is 20.1 Å². The van der Waals surface area contributed by atoms with E-state index in [2.05, 4.69) is 9.89 Å². The molecule has 18 heavy (non-hydrogen) atoms. The highest BCUT2D eigenvalue weighted by Gasteiger charge is 2.20.